The molecular weight excluding hydrogens is 292 g/mol. The maximum atomic E-state index is 11.8. The predicted molar refractivity (Wildman–Crippen MR) is 87.6 cm³/mol. The number of carbonyl (C=O) groups excluding carboxylic acids is 2. The molecule has 1 saturated carbocycles. The Hall–Kier alpha value is -2.37. The molecule has 0 aromatic carbocycles. The molecule has 0 bridgehead atoms. The highest BCUT2D eigenvalue weighted by Gasteiger charge is 2.24. The van der Waals surface area contributed by atoms with E-state index in [-0.39, 0.29) is 24.8 Å². The summed E-state index contributed by atoms with van der Waals surface area (Å²) in [6, 6.07) is 6.75. The maximum Gasteiger partial charge on any atom is 0.220 e. The van der Waals surface area contributed by atoms with E-state index in [4.69, 9.17) is 5.73 Å². The minimum absolute atomic E-state index is 0.0830. The number of amides is 2. The van der Waals surface area contributed by atoms with Gasteiger partial charge in [0, 0.05) is 42.7 Å². The lowest BCUT2D eigenvalue weighted by Crippen LogP contribution is -2.38. The Balaban J connectivity index is 1.54. The average molecular weight is 314 g/mol. The van der Waals surface area contributed by atoms with Crippen molar-refractivity contribution in [2.75, 3.05) is 0 Å². The molecule has 6 heteroatoms. The number of fused-ring (bicyclic) bond motifs is 1. The summed E-state index contributed by atoms with van der Waals surface area (Å²) in [6.07, 6.45) is 8.14. The lowest BCUT2D eigenvalue weighted by atomic mass is 9.91. The van der Waals surface area contributed by atoms with E-state index in [1.165, 1.54) is 0 Å². The molecule has 23 heavy (non-hydrogen) atoms. The largest absolute Gasteiger partial charge is 0.370 e. The van der Waals surface area contributed by atoms with Gasteiger partial charge in [0.05, 0.1) is 0 Å². The number of hydrogen-bond acceptors (Lipinski definition) is 3. The second-order valence-electron chi connectivity index (χ2n) is 6.18. The number of primary amides is 1. The summed E-state index contributed by atoms with van der Waals surface area (Å²) >= 11 is 0. The molecule has 0 saturated heterocycles. The van der Waals surface area contributed by atoms with Gasteiger partial charge in [0.15, 0.2) is 0 Å². The molecule has 2 aromatic rings. The van der Waals surface area contributed by atoms with Crippen LogP contribution in [0.1, 0.15) is 44.6 Å². The van der Waals surface area contributed by atoms with Crippen molar-refractivity contribution in [2.24, 2.45) is 5.73 Å². The maximum absolute atomic E-state index is 11.8. The van der Waals surface area contributed by atoms with Crippen molar-refractivity contribution < 1.29 is 9.59 Å². The lowest BCUT2D eigenvalue weighted by molar-refractivity contribution is -0.125. The van der Waals surface area contributed by atoms with Gasteiger partial charge >= 0.3 is 0 Å². The summed E-state index contributed by atoms with van der Waals surface area (Å²) in [5.41, 5.74) is 6.09. The first-order chi connectivity index (χ1) is 11.1. The molecule has 2 aromatic heterocycles. The van der Waals surface area contributed by atoms with E-state index in [0.29, 0.717) is 6.04 Å². The minimum atomic E-state index is -0.434. The van der Waals surface area contributed by atoms with Crippen LogP contribution in [0.3, 0.4) is 0 Å². The Morgan fingerprint density at radius 3 is 2.74 bits per heavy atom. The van der Waals surface area contributed by atoms with Gasteiger partial charge in [-0.25, -0.2) is 4.98 Å². The van der Waals surface area contributed by atoms with Gasteiger partial charge < -0.3 is 15.6 Å². The molecule has 1 fully saturated rings. The van der Waals surface area contributed by atoms with Crippen molar-refractivity contribution in [1.82, 2.24) is 14.9 Å². The normalized spacial score (nSPS) is 21.2. The van der Waals surface area contributed by atoms with Gasteiger partial charge in [-0.05, 0) is 43.9 Å². The molecular formula is C17H22N4O2. The van der Waals surface area contributed by atoms with Crippen LogP contribution in [0.2, 0.25) is 0 Å². The van der Waals surface area contributed by atoms with Crippen molar-refractivity contribution >= 4 is 22.8 Å². The molecule has 0 spiro atoms. The van der Waals surface area contributed by atoms with Crippen LogP contribution >= 0.6 is 0 Å². The molecule has 2 heterocycles. The van der Waals surface area contributed by atoms with Gasteiger partial charge in [-0.1, -0.05) is 0 Å². The fourth-order valence-electron chi connectivity index (χ4n) is 3.32. The van der Waals surface area contributed by atoms with Gasteiger partial charge in [0.2, 0.25) is 11.8 Å². The first-order valence-electron chi connectivity index (χ1n) is 8.12. The Labute approximate surface area is 135 Å². The van der Waals surface area contributed by atoms with Crippen molar-refractivity contribution in [3.63, 3.8) is 0 Å². The number of carbonyl (C=O) groups is 2. The Morgan fingerprint density at radius 1 is 1.22 bits per heavy atom. The molecule has 0 atom stereocenters. The number of nitrogens with zero attached hydrogens (tertiary/aromatic N) is 2. The van der Waals surface area contributed by atoms with Crippen molar-refractivity contribution in [3.05, 3.63) is 30.6 Å². The monoisotopic (exact) mass is 314 g/mol. The lowest BCUT2D eigenvalue weighted by Gasteiger charge is -2.30. The first kappa shape index (κ1) is 15.5. The fourth-order valence-corrected chi connectivity index (χ4v) is 3.32. The van der Waals surface area contributed by atoms with E-state index in [0.717, 1.165) is 36.7 Å². The van der Waals surface area contributed by atoms with Crippen molar-refractivity contribution in [3.8, 4) is 0 Å². The Bertz CT molecular complexity index is 701. The zero-order valence-electron chi connectivity index (χ0n) is 13.1. The molecule has 6 nitrogen and oxygen atoms in total. The molecule has 0 radical (unpaired) electrons. The number of pyridine rings is 1. The molecule has 2 amide bonds. The zero-order valence-corrected chi connectivity index (χ0v) is 13.1. The van der Waals surface area contributed by atoms with Crippen molar-refractivity contribution in [1.29, 1.82) is 0 Å². The van der Waals surface area contributed by atoms with E-state index in [9.17, 15) is 9.59 Å². The summed E-state index contributed by atoms with van der Waals surface area (Å²) in [6.45, 7) is 0. The van der Waals surface area contributed by atoms with Crippen LogP contribution in [-0.2, 0) is 9.59 Å². The van der Waals surface area contributed by atoms with Crippen LogP contribution in [0, 0.1) is 0 Å². The van der Waals surface area contributed by atoms with Crippen LogP contribution in [0.25, 0.3) is 11.0 Å². The van der Waals surface area contributed by atoms with Gasteiger partial charge in [-0.15, -0.1) is 0 Å². The standard InChI is InChI=1S/C17H22N4O2/c18-15(22)7-8-16(23)20-13-3-5-14(6-4-13)21-11-9-12-2-1-10-19-17(12)21/h1-2,9-11,13-14H,3-8H2,(H2,18,22)(H,20,23). The molecule has 3 N–H and O–H groups in total. The molecule has 3 rings (SSSR count). The first-order valence-corrected chi connectivity index (χ1v) is 8.12. The summed E-state index contributed by atoms with van der Waals surface area (Å²) in [4.78, 5) is 27.0. The third-order valence-electron chi connectivity index (χ3n) is 4.53. The SMILES string of the molecule is NC(=O)CCC(=O)NC1CCC(n2ccc3cccnc32)CC1. The second kappa shape index (κ2) is 6.81. The molecule has 122 valence electrons. The predicted octanol–water partition coefficient (Wildman–Crippen LogP) is 1.90. The molecule has 0 aliphatic heterocycles. The highest BCUT2D eigenvalue weighted by atomic mass is 16.2. The molecule has 1 aliphatic carbocycles. The number of hydrogen-bond donors (Lipinski definition) is 2. The summed E-state index contributed by atoms with van der Waals surface area (Å²) in [7, 11) is 0. The van der Waals surface area contributed by atoms with E-state index in [1.54, 1.807) is 0 Å². The third kappa shape index (κ3) is 3.70. The summed E-state index contributed by atoms with van der Waals surface area (Å²) in [5.74, 6) is -0.517. The molecule has 0 unspecified atom stereocenters. The smallest absolute Gasteiger partial charge is 0.220 e. The van der Waals surface area contributed by atoms with Crippen LogP contribution < -0.4 is 11.1 Å². The number of rotatable bonds is 5. The van der Waals surface area contributed by atoms with Gasteiger partial charge in [0.1, 0.15) is 5.65 Å². The fraction of sp³-hybridized carbons (Fsp3) is 0.471. The quantitative estimate of drug-likeness (QED) is 0.883. The summed E-state index contributed by atoms with van der Waals surface area (Å²) < 4.78 is 2.25. The van der Waals surface area contributed by atoms with Crippen LogP contribution in [0.15, 0.2) is 30.6 Å². The zero-order chi connectivity index (χ0) is 16.2. The molecule has 1 aliphatic rings. The highest BCUT2D eigenvalue weighted by Crippen LogP contribution is 2.31. The third-order valence-corrected chi connectivity index (χ3v) is 4.53. The van der Waals surface area contributed by atoms with Crippen molar-refractivity contribution in [2.45, 2.75) is 50.6 Å². The Kier molecular flexibility index (Phi) is 4.60. The van der Waals surface area contributed by atoms with Gasteiger partial charge in [-0.2, -0.15) is 0 Å². The highest BCUT2D eigenvalue weighted by molar-refractivity contribution is 5.83. The van der Waals surface area contributed by atoms with Gasteiger partial charge in [0.25, 0.3) is 0 Å². The summed E-state index contributed by atoms with van der Waals surface area (Å²) in [5, 5.41) is 4.17. The number of nitrogens with two attached hydrogens (primary N) is 1. The van der Waals surface area contributed by atoms with E-state index in [2.05, 4.69) is 33.2 Å². The number of nitrogens with one attached hydrogen (secondary N) is 1. The Morgan fingerprint density at radius 2 is 2.00 bits per heavy atom. The van der Waals surface area contributed by atoms with Crippen LogP contribution in [0.5, 0.6) is 0 Å². The van der Waals surface area contributed by atoms with Crippen LogP contribution in [-0.4, -0.2) is 27.4 Å². The van der Waals surface area contributed by atoms with Gasteiger partial charge in [-0.3, -0.25) is 9.59 Å². The number of aromatic nitrogens is 2. The topological polar surface area (TPSA) is 90.0 Å². The second-order valence-corrected chi connectivity index (χ2v) is 6.18. The minimum Gasteiger partial charge on any atom is -0.370 e. The van der Waals surface area contributed by atoms with E-state index >= 15 is 0 Å². The average Bonchev–Trinajstić information content (AvgIpc) is 2.98. The van der Waals surface area contributed by atoms with Crippen LogP contribution in [0.4, 0.5) is 0 Å². The van der Waals surface area contributed by atoms with E-state index in [1.807, 2.05) is 12.3 Å². The van der Waals surface area contributed by atoms with E-state index < -0.39 is 5.91 Å².